The van der Waals surface area contributed by atoms with Crippen LogP contribution in [-0.4, -0.2) is 13.2 Å². The van der Waals surface area contributed by atoms with E-state index in [2.05, 4.69) is 0 Å². The molecule has 0 atom stereocenters. The topological polar surface area (TPSA) is 35.2 Å². The average molecular weight is 115 g/mol. The van der Waals surface area contributed by atoms with Crippen molar-refractivity contribution in [2.45, 2.75) is 13.8 Å². The number of hydrogen-bond acceptors (Lipinski definition) is 2. The Morgan fingerprint density at radius 2 is 2.38 bits per heavy atom. The minimum absolute atomic E-state index is 0.660. The van der Waals surface area contributed by atoms with E-state index in [9.17, 15) is 0 Å². The number of nitrogens with two attached hydrogens (primary N) is 1. The first-order valence-corrected chi connectivity index (χ1v) is 2.76. The Labute approximate surface area is 50.3 Å². The molecule has 0 fully saturated rings. The summed E-state index contributed by atoms with van der Waals surface area (Å²) in [6.45, 7) is 5.32. The van der Waals surface area contributed by atoms with E-state index in [1.165, 1.54) is 0 Å². The third-order valence-corrected chi connectivity index (χ3v) is 0.818. The molecule has 2 nitrogen and oxygen atoms in total. The molecule has 0 aromatic rings. The smallest absolute Gasteiger partial charge is 0.0690 e. The Hall–Kier alpha value is -0.500. The van der Waals surface area contributed by atoms with Crippen molar-refractivity contribution in [3.8, 4) is 0 Å². The minimum Gasteiger partial charge on any atom is -0.405 e. The normalized spacial score (nSPS) is 12.0. The van der Waals surface area contributed by atoms with Gasteiger partial charge in [0.1, 0.15) is 0 Å². The fourth-order valence-corrected chi connectivity index (χ4v) is 0.311. The van der Waals surface area contributed by atoms with Crippen LogP contribution in [0.1, 0.15) is 13.8 Å². The van der Waals surface area contributed by atoms with Crippen molar-refractivity contribution in [3.05, 3.63) is 11.8 Å². The molecule has 0 bridgehead atoms. The summed E-state index contributed by atoms with van der Waals surface area (Å²) in [5, 5.41) is 0. The van der Waals surface area contributed by atoms with Gasteiger partial charge in [0.15, 0.2) is 0 Å². The summed E-state index contributed by atoms with van der Waals surface area (Å²) in [4.78, 5) is 0. The van der Waals surface area contributed by atoms with Gasteiger partial charge in [-0.3, -0.25) is 0 Å². The van der Waals surface area contributed by atoms with Gasteiger partial charge in [-0.05, 0) is 25.6 Å². The fraction of sp³-hybridized carbons (Fsp3) is 0.667. The molecule has 0 aromatic heterocycles. The molecule has 48 valence electrons. The van der Waals surface area contributed by atoms with Crippen LogP contribution in [0.25, 0.3) is 0 Å². The molecule has 0 unspecified atom stereocenters. The monoisotopic (exact) mass is 115 g/mol. The first kappa shape index (κ1) is 7.50. The van der Waals surface area contributed by atoms with E-state index in [1.54, 1.807) is 6.20 Å². The fourth-order valence-electron chi connectivity index (χ4n) is 0.311. The molecule has 2 N–H and O–H groups in total. The lowest BCUT2D eigenvalue weighted by atomic mass is 10.4. The van der Waals surface area contributed by atoms with Crippen molar-refractivity contribution in [1.82, 2.24) is 0 Å². The molecule has 0 aliphatic rings. The lowest BCUT2D eigenvalue weighted by Gasteiger charge is -1.97. The highest BCUT2D eigenvalue weighted by Gasteiger charge is 1.83. The maximum Gasteiger partial charge on any atom is 0.0690 e. The molecule has 0 aliphatic carbocycles. The van der Waals surface area contributed by atoms with Gasteiger partial charge in [0.25, 0.3) is 0 Å². The highest BCUT2D eigenvalue weighted by atomic mass is 16.5. The number of hydrogen-bond donors (Lipinski definition) is 1. The van der Waals surface area contributed by atoms with E-state index in [-0.39, 0.29) is 0 Å². The standard InChI is InChI=1S/C6H13NO/c1-3-8-5-6(2)4-7/h4H,3,5,7H2,1-2H3/b6-4-. The van der Waals surface area contributed by atoms with Crippen LogP contribution in [0.2, 0.25) is 0 Å². The zero-order valence-corrected chi connectivity index (χ0v) is 5.48. The summed E-state index contributed by atoms with van der Waals surface area (Å²) in [5.74, 6) is 0. The van der Waals surface area contributed by atoms with Gasteiger partial charge in [-0.2, -0.15) is 0 Å². The highest BCUT2D eigenvalue weighted by Crippen LogP contribution is 1.88. The van der Waals surface area contributed by atoms with Crippen molar-refractivity contribution in [1.29, 1.82) is 0 Å². The van der Waals surface area contributed by atoms with E-state index >= 15 is 0 Å². The van der Waals surface area contributed by atoms with Gasteiger partial charge < -0.3 is 10.5 Å². The van der Waals surface area contributed by atoms with E-state index in [0.29, 0.717) is 6.61 Å². The first-order valence-electron chi connectivity index (χ1n) is 2.76. The third-order valence-electron chi connectivity index (χ3n) is 0.818. The molecule has 0 radical (unpaired) electrons. The van der Waals surface area contributed by atoms with Crippen LogP contribution < -0.4 is 5.73 Å². The quantitative estimate of drug-likeness (QED) is 0.592. The minimum atomic E-state index is 0.660. The second-order valence-electron chi connectivity index (χ2n) is 1.65. The molecule has 0 amide bonds. The second-order valence-corrected chi connectivity index (χ2v) is 1.65. The number of ether oxygens (including phenoxy) is 1. The van der Waals surface area contributed by atoms with E-state index in [1.807, 2.05) is 13.8 Å². The van der Waals surface area contributed by atoms with Crippen LogP contribution in [0.15, 0.2) is 11.8 Å². The van der Waals surface area contributed by atoms with Crippen molar-refractivity contribution >= 4 is 0 Å². The van der Waals surface area contributed by atoms with E-state index in [0.717, 1.165) is 12.2 Å². The Morgan fingerprint density at radius 1 is 1.75 bits per heavy atom. The van der Waals surface area contributed by atoms with Crippen molar-refractivity contribution < 1.29 is 4.74 Å². The van der Waals surface area contributed by atoms with Crippen LogP contribution >= 0.6 is 0 Å². The third kappa shape index (κ3) is 3.68. The lowest BCUT2D eigenvalue weighted by Crippen LogP contribution is -1.96. The summed E-state index contributed by atoms with van der Waals surface area (Å²) in [5.41, 5.74) is 6.25. The molecule has 0 saturated heterocycles. The zero-order valence-electron chi connectivity index (χ0n) is 5.48. The maximum atomic E-state index is 5.17. The SMILES string of the molecule is CCOC/C(C)=C\N. The van der Waals surface area contributed by atoms with Gasteiger partial charge in [-0.15, -0.1) is 0 Å². The Balaban J connectivity index is 3.12. The van der Waals surface area contributed by atoms with Gasteiger partial charge in [0.05, 0.1) is 6.61 Å². The molecular weight excluding hydrogens is 102 g/mol. The average Bonchev–Trinajstić information content (AvgIpc) is 1.83. The molecule has 0 aromatic carbocycles. The Morgan fingerprint density at radius 3 is 2.75 bits per heavy atom. The summed E-state index contributed by atoms with van der Waals surface area (Å²) < 4.78 is 5.04. The Kier molecular flexibility index (Phi) is 4.36. The summed E-state index contributed by atoms with van der Waals surface area (Å²) in [7, 11) is 0. The maximum absolute atomic E-state index is 5.17. The Bertz CT molecular complexity index is 78.6. The van der Waals surface area contributed by atoms with Crippen LogP contribution in [0.5, 0.6) is 0 Å². The van der Waals surface area contributed by atoms with Gasteiger partial charge in [-0.25, -0.2) is 0 Å². The molecule has 8 heavy (non-hydrogen) atoms. The molecule has 0 aliphatic heterocycles. The van der Waals surface area contributed by atoms with Gasteiger partial charge in [-0.1, -0.05) is 0 Å². The van der Waals surface area contributed by atoms with Crippen molar-refractivity contribution in [2.24, 2.45) is 5.73 Å². The van der Waals surface area contributed by atoms with Crippen LogP contribution in [0, 0.1) is 0 Å². The highest BCUT2D eigenvalue weighted by molar-refractivity contribution is 4.94. The summed E-state index contributed by atoms with van der Waals surface area (Å²) >= 11 is 0. The van der Waals surface area contributed by atoms with Crippen LogP contribution in [0.3, 0.4) is 0 Å². The van der Waals surface area contributed by atoms with Crippen LogP contribution in [0.4, 0.5) is 0 Å². The molecule has 0 heterocycles. The molecule has 0 saturated carbocycles. The second kappa shape index (κ2) is 4.65. The molecule has 0 spiro atoms. The van der Waals surface area contributed by atoms with Gasteiger partial charge >= 0.3 is 0 Å². The zero-order chi connectivity index (χ0) is 6.41. The summed E-state index contributed by atoms with van der Waals surface area (Å²) in [6.07, 6.45) is 1.57. The lowest BCUT2D eigenvalue weighted by molar-refractivity contribution is 0.171. The first-order chi connectivity index (χ1) is 3.81. The molecule has 0 rings (SSSR count). The predicted molar refractivity (Wildman–Crippen MR) is 34.4 cm³/mol. The summed E-state index contributed by atoms with van der Waals surface area (Å²) in [6, 6.07) is 0. The van der Waals surface area contributed by atoms with Gasteiger partial charge in [0, 0.05) is 6.61 Å². The van der Waals surface area contributed by atoms with Gasteiger partial charge in [0.2, 0.25) is 0 Å². The van der Waals surface area contributed by atoms with Crippen molar-refractivity contribution in [3.63, 3.8) is 0 Å². The predicted octanol–water partition coefficient (Wildman–Crippen LogP) is 0.885. The van der Waals surface area contributed by atoms with E-state index in [4.69, 9.17) is 10.5 Å². The largest absolute Gasteiger partial charge is 0.405 e. The molecular formula is C6H13NO. The number of rotatable bonds is 3. The molecule has 2 heteroatoms. The van der Waals surface area contributed by atoms with Crippen molar-refractivity contribution in [2.75, 3.05) is 13.2 Å². The van der Waals surface area contributed by atoms with Crippen LogP contribution in [-0.2, 0) is 4.74 Å². The van der Waals surface area contributed by atoms with E-state index < -0.39 is 0 Å².